The summed E-state index contributed by atoms with van der Waals surface area (Å²) in [4.78, 5) is 0. The topological polar surface area (TPSA) is 26.0 Å². The third kappa shape index (κ3) is 4.77. The zero-order chi connectivity index (χ0) is 13.4. The van der Waals surface area contributed by atoms with E-state index in [-0.39, 0.29) is 5.82 Å². The summed E-state index contributed by atoms with van der Waals surface area (Å²) >= 11 is 0. The Morgan fingerprint density at radius 2 is 1.67 bits per heavy atom. The van der Waals surface area contributed by atoms with E-state index in [9.17, 15) is 4.39 Å². The van der Waals surface area contributed by atoms with Crippen LogP contribution >= 0.6 is 0 Å². The molecule has 102 valence electrons. The molecule has 18 heavy (non-hydrogen) atoms. The summed E-state index contributed by atoms with van der Waals surface area (Å²) in [5.41, 5.74) is 6.33. The maximum Gasteiger partial charge on any atom is 0.128 e. The molecule has 1 rings (SSSR count). The van der Waals surface area contributed by atoms with Crippen molar-refractivity contribution in [3.8, 4) is 0 Å². The van der Waals surface area contributed by atoms with Crippen molar-refractivity contribution >= 4 is 0 Å². The van der Waals surface area contributed by atoms with E-state index in [2.05, 4.69) is 6.92 Å². The van der Waals surface area contributed by atoms with E-state index in [0.717, 1.165) is 12.8 Å². The third-order valence-electron chi connectivity index (χ3n) is 3.54. The van der Waals surface area contributed by atoms with Crippen LogP contribution in [0.25, 0.3) is 0 Å². The first-order chi connectivity index (χ1) is 8.58. The van der Waals surface area contributed by atoms with Gasteiger partial charge in [-0.3, -0.25) is 0 Å². The summed E-state index contributed by atoms with van der Waals surface area (Å²) in [6.07, 6.45) is 8.27. The largest absolute Gasteiger partial charge is 0.322 e. The second kappa shape index (κ2) is 7.52. The Kier molecular flexibility index (Phi) is 6.34. The minimum Gasteiger partial charge on any atom is -0.322 e. The first-order valence-corrected chi connectivity index (χ1v) is 7.12. The fourth-order valence-electron chi connectivity index (χ4n) is 2.33. The Labute approximate surface area is 111 Å². The van der Waals surface area contributed by atoms with Crippen molar-refractivity contribution in [2.24, 2.45) is 5.73 Å². The Hall–Kier alpha value is -0.890. The van der Waals surface area contributed by atoms with E-state index >= 15 is 0 Å². The molecule has 1 atom stereocenters. The van der Waals surface area contributed by atoms with E-state index < -0.39 is 5.54 Å². The predicted molar refractivity (Wildman–Crippen MR) is 75.9 cm³/mol. The van der Waals surface area contributed by atoms with Crippen LogP contribution in [0.3, 0.4) is 0 Å². The minimum absolute atomic E-state index is 0.187. The SMILES string of the molecule is CCCCCCCCC(C)(N)c1ccccc1F. The highest BCUT2D eigenvalue weighted by molar-refractivity contribution is 5.24. The van der Waals surface area contributed by atoms with Gasteiger partial charge in [-0.2, -0.15) is 0 Å². The van der Waals surface area contributed by atoms with Gasteiger partial charge in [-0.25, -0.2) is 4.39 Å². The summed E-state index contributed by atoms with van der Waals surface area (Å²) in [5, 5.41) is 0. The van der Waals surface area contributed by atoms with Gasteiger partial charge in [0.05, 0.1) is 0 Å². The molecule has 2 heteroatoms. The highest BCUT2D eigenvalue weighted by Crippen LogP contribution is 2.26. The van der Waals surface area contributed by atoms with E-state index in [1.807, 2.05) is 13.0 Å². The summed E-state index contributed by atoms with van der Waals surface area (Å²) in [5.74, 6) is -0.187. The lowest BCUT2D eigenvalue weighted by molar-refractivity contribution is 0.403. The molecule has 2 N–H and O–H groups in total. The molecule has 0 radical (unpaired) electrons. The van der Waals surface area contributed by atoms with Crippen LogP contribution in [0.5, 0.6) is 0 Å². The van der Waals surface area contributed by atoms with Crippen LogP contribution in [0.1, 0.15) is 64.4 Å². The van der Waals surface area contributed by atoms with Crippen molar-refractivity contribution in [3.63, 3.8) is 0 Å². The molecule has 0 saturated heterocycles. The summed E-state index contributed by atoms with van der Waals surface area (Å²) in [7, 11) is 0. The van der Waals surface area contributed by atoms with Crippen LogP contribution in [0, 0.1) is 5.82 Å². The van der Waals surface area contributed by atoms with Gasteiger partial charge in [-0.15, -0.1) is 0 Å². The van der Waals surface area contributed by atoms with E-state index in [4.69, 9.17) is 5.73 Å². The molecule has 0 bridgehead atoms. The average Bonchev–Trinajstić information content (AvgIpc) is 2.34. The molecule has 0 heterocycles. The number of nitrogens with two attached hydrogens (primary N) is 1. The molecule has 0 saturated carbocycles. The highest BCUT2D eigenvalue weighted by Gasteiger charge is 2.23. The Morgan fingerprint density at radius 3 is 2.33 bits per heavy atom. The molecule has 0 aliphatic rings. The molecule has 1 unspecified atom stereocenters. The Bertz CT molecular complexity index is 347. The molecule has 0 fully saturated rings. The van der Waals surface area contributed by atoms with E-state index in [1.54, 1.807) is 12.1 Å². The molecule has 0 aromatic heterocycles. The smallest absolute Gasteiger partial charge is 0.128 e. The van der Waals surface area contributed by atoms with Crippen molar-refractivity contribution in [1.29, 1.82) is 0 Å². The maximum atomic E-state index is 13.7. The van der Waals surface area contributed by atoms with Crippen molar-refractivity contribution in [3.05, 3.63) is 35.6 Å². The molecule has 1 aromatic carbocycles. The van der Waals surface area contributed by atoms with Gasteiger partial charge in [0.25, 0.3) is 0 Å². The van der Waals surface area contributed by atoms with Gasteiger partial charge in [0.1, 0.15) is 5.82 Å². The second-order valence-corrected chi connectivity index (χ2v) is 5.42. The highest BCUT2D eigenvalue weighted by atomic mass is 19.1. The van der Waals surface area contributed by atoms with Crippen molar-refractivity contribution in [2.75, 3.05) is 0 Å². The van der Waals surface area contributed by atoms with Gasteiger partial charge in [-0.1, -0.05) is 63.6 Å². The van der Waals surface area contributed by atoms with Gasteiger partial charge in [0, 0.05) is 11.1 Å². The van der Waals surface area contributed by atoms with Gasteiger partial charge >= 0.3 is 0 Å². The van der Waals surface area contributed by atoms with E-state index in [1.165, 1.54) is 38.2 Å². The van der Waals surface area contributed by atoms with Gasteiger partial charge < -0.3 is 5.73 Å². The molecular formula is C16H26FN. The number of benzene rings is 1. The van der Waals surface area contributed by atoms with Crippen LogP contribution in [-0.2, 0) is 5.54 Å². The third-order valence-corrected chi connectivity index (χ3v) is 3.54. The zero-order valence-electron chi connectivity index (χ0n) is 11.7. The fraction of sp³-hybridized carbons (Fsp3) is 0.625. The lowest BCUT2D eigenvalue weighted by atomic mass is 9.87. The number of hydrogen-bond donors (Lipinski definition) is 1. The monoisotopic (exact) mass is 251 g/mol. The van der Waals surface area contributed by atoms with Gasteiger partial charge in [-0.05, 0) is 19.4 Å². The lowest BCUT2D eigenvalue weighted by Crippen LogP contribution is -2.33. The first-order valence-electron chi connectivity index (χ1n) is 7.12. The standard InChI is InChI=1S/C16H26FN/c1-3-4-5-6-7-10-13-16(2,18)14-11-8-9-12-15(14)17/h8-9,11-12H,3-7,10,13,18H2,1-2H3. The van der Waals surface area contributed by atoms with Crippen LogP contribution in [0.15, 0.2) is 24.3 Å². The van der Waals surface area contributed by atoms with Crippen molar-refractivity contribution in [2.45, 2.75) is 64.3 Å². The number of rotatable bonds is 8. The Morgan fingerprint density at radius 1 is 1.06 bits per heavy atom. The molecule has 0 aliphatic carbocycles. The number of unbranched alkanes of at least 4 members (excludes halogenated alkanes) is 5. The molecule has 0 aliphatic heterocycles. The fourth-order valence-corrected chi connectivity index (χ4v) is 2.33. The Balaban J connectivity index is 2.38. The lowest BCUT2D eigenvalue weighted by Gasteiger charge is -2.25. The predicted octanol–water partition coefficient (Wildman–Crippen LogP) is 4.75. The minimum atomic E-state index is -0.546. The molecule has 1 nitrogen and oxygen atoms in total. The number of halogens is 1. The van der Waals surface area contributed by atoms with E-state index in [0.29, 0.717) is 5.56 Å². The van der Waals surface area contributed by atoms with Crippen molar-refractivity contribution in [1.82, 2.24) is 0 Å². The van der Waals surface area contributed by atoms with Gasteiger partial charge in [0.15, 0.2) is 0 Å². The van der Waals surface area contributed by atoms with Crippen LogP contribution in [-0.4, -0.2) is 0 Å². The molecule has 1 aromatic rings. The summed E-state index contributed by atoms with van der Waals surface area (Å²) < 4.78 is 13.7. The van der Waals surface area contributed by atoms with Crippen molar-refractivity contribution < 1.29 is 4.39 Å². The summed E-state index contributed by atoms with van der Waals surface area (Å²) in [6, 6.07) is 6.85. The molecular weight excluding hydrogens is 225 g/mol. The van der Waals surface area contributed by atoms with Crippen LogP contribution in [0.2, 0.25) is 0 Å². The van der Waals surface area contributed by atoms with Crippen LogP contribution in [0.4, 0.5) is 4.39 Å². The van der Waals surface area contributed by atoms with Gasteiger partial charge in [0.2, 0.25) is 0 Å². The quantitative estimate of drug-likeness (QED) is 0.663. The second-order valence-electron chi connectivity index (χ2n) is 5.42. The molecule has 0 spiro atoms. The van der Waals surface area contributed by atoms with Crippen LogP contribution < -0.4 is 5.73 Å². The first kappa shape index (κ1) is 15.2. The summed E-state index contributed by atoms with van der Waals surface area (Å²) in [6.45, 7) is 4.15. The average molecular weight is 251 g/mol. The maximum absolute atomic E-state index is 13.7. The normalized spacial score (nSPS) is 14.4. The zero-order valence-corrected chi connectivity index (χ0v) is 11.7. The molecule has 0 amide bonds. The number of hydrogen-bond acceptors (Lipinski definition) is 1.